The number of H-pyrrole nitrogens is 1. The molecular weight excluding hydrogens is 294 g/mol. The highest BCUT2D eigenvalue weighted by Gasteiger charge is 2.05. The maximum Gasteiger partial charge on any atom is 0.259 e. The number of hydrogen-bond acceptors (Lipinski definition) is 3. The van der Waals surface area contributed by atoms with Crippen molar-refractivity contribution in [3.63, 3.8) is 0 Å². The molecule has 0 bridgehead atoms. The van der Waals surface area contributed by atoms with Crippen molar-refractivity contribution in [2.75, 3.05) is 0 Å². The van der Waals surface area contributed by atoms with Crippen LogP contribution in [0.1, 0.15) is 0 Å². The third kappa shape index (κ3) is 1.93. The summed E-state index contributed by atoms with van der Waals surface area (Å²) in [7, 11) is 0. The lowest BCUT2D eigenvalue weighted by Gasteiger charge is -2.03. The minimum Gasteiger partial charge on any atom is -0.306 e. The number of halogens is 1. The van der Waals surface area contributed by atoms with Crippen LogP contribution in [-0.2, 0) is 0 Å². The average molecular weight is 302 g/mol. The normalized spacial score (nSPS) is 10.7. The standard InChI is InChI=1S/C13H8BrN3O/c14-11-7-8(5-6-15-11)12-16-10-4-2-1-3-9(10)13(18)17-12/h1-7H,(H,16,17,18). The predicted molar refractivity (Wildman–Crippen MR) is 73.3 cm³/mol. The van der Waals surface area contributed by atoms with E-state index in [4.69, 9.17) is 0 Å². The Hall–Kier alpha value is -2.01. The molecule has 3 rings (SSSR count). The van der Waals surface area contributed by atoms with Crippen LogP contribution in [0.5, 0.6) is 0 Å². The van der Waals surface area contributed by atoms with Gasteiger partial charge in [-0.1, -0.05) is 12.1 Å². The van der Waals surface area contributed by atoms with Gasteiger partial charge in [0.2, 0.25) is 0 Å². The van der Waals surface area contributed by atoms with Crippen molar-refractivity contribution in [1.29, 1.82) is 0 Å². The highest BCUT2D eigenvalue weighted by molar-refractivity contribution is 9.10. The summed E-state index contributed by atoms with van der Waals surface area (Å²) < 4.78 is 0.704. The van der Waals surface area contributed by atoms with Gasteiger partial charge in [0.25, 0.3) is 5.56 Å². The molecule has 1 N–H and O–H groups in total. The number of rotatable bonds is 1. The van der Waals surface area contributed by atoms with E-state index in [1.807, 2.05) is 24.3 Å². The molecule has 0 amide bonds. The monoisotopic (exact) mass is 301 g/mol. The number of aromatic amines is 1. The second kappa shape index (κ2) is 4.34. The van der Waals surface area contributed by atoms with Gasteiger partial charge in [-0.25, -0.2) is 9.97 Å². The molecule has 0 fully saturated rings. The molecule has 0 atom stereocenters. The third-order valence-electron chi connectivity index (χ3n) is 2.61. The van der Waals surface area contributed by atoms with Crippen LogP contribution in [0.25, 0.3) is 22.3 Å². The molecule has 2 aromatic heterocycles. The molecule has 5 heteroatoms. The number of nitrogens with zero attached hydrogens (tertiary/aromatic N) is 2. The van der Waals surface area contributed by atoms with Crippen LogP contribution in [0.15, 0.2) is 52.0 Å². The second-order valence-corrected chi connectivity index (χ2v) is 4.61. The molecular formula is C13H8BrN3O. The van der Waals surface area contributed by atoms with Crippen molar-refractivity contribution in [3.8, 4) is 11.4 Å². The first-order chi connectivity index (χ1) is 8.74. The molecule has 2 heterocycles. The van der Waals surface area contributed by atoms with Crippen LogP contribution in [0, 0.1) is 0 Å². The molecule has 3 aromatic rings. The average Bonchev–Trinajstić information content (AvgIpc) is 2.39. The van der Waals surface area contributed by atoms with Crippen LogP contribution < -0.4 is 5.56 Å². The Morgan fingerprint density at radius 3 is 2.83 bits per heavy atom. The van der Waals surface area contributed by atoms with E-state index in [0.29, 0.717) is 21.3 Å². The lowest BCUT2D eigenvalue weighted by Crippen LogP contribution is -2.09. The Bertz CT molecular complexity index is 782. The number of para-hydroxylation sites is 1. The van der Waals surface area contributed by atoms with E-state index in [-0.39, 0.29) is 5.56 Å². The molecule has 0 spiro atoms. The van der Waals surface area contributed by atoms with Crippen molar-refractivity contribution in [2.45, 2.75) is 0 Å². The fourth-order valence-corrected chi connectivity index (χ4v) is 2.14. The number of pyridine rings is 1. The van der Waals surface area contributed by atoms with E-state index in [9.17, 15) is 4.79 Å². The second-order valence-electron chi connectivity index (χ2n) is 3.80. The topological polar surface area (TPSA) is 58.6 Å². The SMILES string of the molecule is O=c1[nH]c(-c2ccnc(Br)c2)nc2ccccc12. The minimum atomic E-state index is -0.136. The first-order valence-electron chi connectivity index (χ1n) is 5.35. The van der Waals surface area contributed by atoms with Gasteiger partial charge in [-0.05, 0) is 40.2 Å². The fourth-order valence-electron chi connectivity index (χ4n) is 1.77. The summed E-state index contributed by atoms with van der Waals surface area (Å²) >= 11 is 3.30. The molecule has 0 aliphatic carbocycles. The number of nitrogens with one attached hydrogen (secondary N) is 1. The van der Waals surface area contributed by atoms with E-state index < -0.39 is 0 Å². The van der Waals surface area contributed by atoms with Crippen molar-refractivity contribution >= 4 is 26.8 Å². The molecule has 0 aliphatic rings. The Balaban J connectivity index is 2.28. The molecule has 0 saturated heterocycles. The van der Waals surface area contributed by atoms with Gasteiger partial charge in [-0.2, -0.15) is 0 Å². The summed E-state index contributed by atoms with van der Waals surface area (Å²) in [6.07, 6.45) is 1.66. The van der Waals surface area contributed by atoms with Gasteiger partial charge in [-0.3, -0.25) is 4.79 Å². The summed E-state index contributed by atoms with van der Waals surface area (Å²) in [4.78, 5) is 23.2. The third-order valence-corrected chi connectivity index (χ3v) is 3.05. The van der Waals surface area contributed by atoms with Crippen LogP contribution in [0.2, 0.25) is 0 Å². The summed E-state index contributed by atoms with van der Waals surface area (Å²) in [5, 5.41) is 0.592. The minimum absolute atomic E-state index is 0.136. The quantitative estimate of drug-likeness (QED) is 0.703. The Labute approximate surface area is 111 Å². The molecule has 18 heavy (non-hydrogen) atoms. The lowest BCUT2D eigenvalue weighted by molar-refractivity contribution is 1.17. The van der Waals surface area contributed by atoms with Crippen LogP contribution in [0.4, 0.5) is 0 Å². The number of aromatic nitrogens is 3. The van der Waals surface area contributed by atoms with Crippen molar-refractivity contribution in [1.82, 2.24) is 15.0 Å². The zero-order valence-corrected chi connectivity index (χ0v) is 10.8. The molecule has 0 radical (unpaired) electrons. The van der Waals surface area contributed by atoms with Crippen LogP contribution in [-0.4, -0.2) is 15.0 Å². The smallest absolute Gasteiger partial charge is 0.259 e. The van der Waals surface area contributed by atoms with E-state index in [1.165, 1.54) is 0 Å². The first-order valence-corrected chi connectivity index (χ1v) is 6.14. The molecule has 0 unspecified atom stereocenters. The van der Waals surface area contributed by atoms with Crippen molar-refractivity contribution < 1.29 is 0 Å². The van der Waals surface area contributed by atoms with Gasteiger partial charge < -0.3 is 4.98 Å². The zero-order valence-electron chi connectivity index (χ0n) is 9.22. The Morgan fingerprint density at radius 1 is 1.17 bits per heavy atom. The Kier molecular flexibility index (Phi) is 2.68. The van der Waals surface area contributed by atoms with E-state index in [0.717, 1.165) is 5.56 Å². The first kappa shape index (κ1) is 11.1. The van der Waals surface area contributed by atoms with Gasteiger partial charge in [-0.15, -0.1) is 0 Å². The highest BCUT2D eigenvalue weighted by atomic mass is 79.9. The van der Waals surface area contributed by atoms with Gasteiger partial charge in [0, 0.05) is 11.8 Å². The summed E-state index contributed by atoms with van der Waals surface area (Å²) in [6.45, 7) is 0. The zero-order chi connectivity index (χ0) is 12.5. The Morgan fingerprint density at radius 2 is 2.00 bits per heavy atom. The van der Waals surface area contributed by atoms with Gasteiger partial charge in [0.15, 0.2) is 0 Å². The summed E-state index contributed by atoms with van der Waals surface area (Å²) in [5.74, 6) is 0.543. The molecule has 0 aliphatic heterocycles. The molecule has 4 nitrogen and oxygen atoms in total. The summed E-state index contributed by atoms with van der Waals surface area (Å²) in [6, 6.07) is 10.9. The van der Waals surface area contributed by atoms with Crippen LogP contribution >= 0.6 is 15.9 Å². The fraction of sp³-hybridized carbons (Fsp3) is 0. The molecule has 88 valence electrons. The largest absolute Gasteiger partial charge is 0.306 e. The maximum atomic E-state index is 11.9. The van der Waals surface area contributed by atoms with Gasteiger partial charge in [0.05, 0.1) is 10.9 Å². The molecule has 0 saturated carbocycles. The predicted octanol–water partition coefficient (Wildman–Crippen LogP) is 2.75. The van der Waals surface area contributed by atoms with Gasteiger partial charge in [0.1, 0.15) is 10.4 Å². The summed E-state index contributed by atoms with van der Waals surface area (Å²) in [5.41, 5.74) is 1.37. The van der Waals surface area contributed by atoms with Crippen molar-refractivity contribution in [2.24, 2.45) is 0 Å². The van der Waals surface area contributed by atoms with Crippen LogP contribution in [0.3, 0.4) is 0 Å². The highest BCUT2D eigenvalue weighted by Crippen LogP contribution is 2.18. The lowest BCUT2D eigenvalue weighted by atomic mass is 10.2. The van der Waals surface area contributed by atoms with E-state index >= 15 is 0 Å². The molecule has 1 aromatic carbocycles. The number of benzene rings is 1. The van der Waals surface area contributed by atoms with Crippen molar-refractivity contribution in [3.05, 3.63) is 57.6 Å². The number of fused-ring (bicyclic) bond motifs is 1. The maximum absolute atomic E-state index is 11.9. The van der Waals surface area contributed by atoms with E-state index in [1.54, 1.807) is 18.3 Å². The van der Waals surface area contributed by atoms with Gasteiger partial charge >= 0.3 is 0 Å². The van der Waals surface area contributed by atoms with E-state index in [2.05, 4.69) is 30.9 Å². The number of hydrogen-bond donors (Lipinski definition) is 1.